The Labute approximate surface area is 125 Å². The van der Waals surface area contributed by atoms with E-state index in [2.05, 4.69) is 27.8 Å². The quantitative estimate of drug-likeness (QED) is 0.908. The number of hydrogen-bond donors (Lipinski definition) is 2. The summed E-state index contributed by atoms with van der Waals surface area (Å²) in [6, 6.07) is 6.78. The molecule has 1 saturated carbocycles. The van der Waals surface area contributed by atoms with E-state index < -0.39 is 0 Å². The van der Waals surface area contributed by atoms with Crippen molar-refractivity contribution in [2.75, 3.05) is 10.6 Å². The second-order valence-corrected chi connectivity index (χ2v) is 5.92. The van der Waals surface area contributed by atoms with E-state index in [1.807, 2.05) is 0 Å². The summed E-state index contributed by atoms with van der Waals surface area (Å²) in [4.78, 5) is 23.8. The van der Waals surface area contributed by atoms with E-state index in [1.54, 1.807) is 29.8 Å². The van der Waals surface area contributed by atoms with Crippen molar-refractivity contribution < 1.29 is 9.59 Å². The van der Waals surface area contributed by atoms with E-state index in [0.29, 0.717) is 22.3 Å². The Morgan fingerprint density at radius 3 is 2.52 bits per heavy atom. The van der Waals surface area contributed by atoms with Gasteiger partial charge in [0.25, 0.3) is 5.91 Å². The third-order valence-corrected chi connectivity index (χ3v) is 4.05. The molecule has 0 radical (unpaired) electrons. The molecule has 108 valence electrons. The van der Waals surface area contributed by atoms with Gasteiger partial charge in [-0.2, -0.15) is 0 Å². The molecule has 1 aliphatic carbocycles. The number of amides is 2. The van der Waals surface area contributed by atoms with Crippen LogP contribution in [0, 0.1) is 11.8 Å². The van der Waals surface area contributed by atoms with Crippen LogP contribution in [0.5, 0.6) is 0 Å². The average Bonchev–Trinajstić information content (AvgIpc) is 2.98. The van der Waals surface area contributed by atoms with Crippen molar-refractivity contribution >= 4 is 34.0 Å². The average molecular weight is 302 g/mol. The highest BCUT2D eigenvalue weighted by Crippen LogP contribution is 2.38. The Kier molecular flexibility index (Phi) is 3.66. The summed E-state index contributed by atoms with van der Waals surface area (Å²) >= 11 is 1.26. The molecule has 0 bridgehead atoms. The van der Waals surface area contributed by atoms with Crippen molar-refractivity contribution in [2.45, 2.75) is 13.3 Å². The zero-order chi connectivity index (χ0) is 14.8. The van der Waals surface area contributed by atoms with Gasteiger partial charge in [-0.3, -0.25) is 14.9 Å². The van der Waals surface area contributed by atoms with Crippen LogP contribution >= 0.6 is 11.3 Å². The Morgan fingerprint density at radius 1 is 1.24 bits per heavy atom. The number of anilines is 2. The molecule has 1 aromatic heterocycles. The standard InChI is InChI=1S/C14H14N4O2S/c1-8-6-11(8)13(20)16-10-4-2-9(3-5-10)12(19)17-14-18-15-7-21-14/h2-5,7-8,11H,6H2,1H3,(H,16,20)(H,17,18,19). The molecule has 7 heteroatoms. The first-order chi connectivity index (χ1) is 10.1. The van der Waals surface area contributed by atoms with Crippen molar-refractivity contribution in [3.8, 4) is 0 Å². The van der Waals surface area contributed by atoms with Crippen LogP contribution < -0.4 is 10.6 Å². The minimum Gasteiger partial charge on any atom is -0.326 e. The van der Waals surface area contributed by atoms with Crippen molar-refractivity contribution in [3.63, 3.8) is 0 Å². The van der Waals surface area contributed by atoms with Crippen LogP contribution in [0.15, 0.2) is 29.8 Å². The molecule has 2 atom stereocenters. The Hall–Kier alpha value is -2.28. The largest absolute Gasteiger partial charge is 0.326 e. The third-order valence-electron chi connectivity index (χ3n) is 3.44. The lowest BCUT2D eigenvalue weighted by Gasteiger charge is -2.06. The molecule has 0 spiro atoms. The summed E-state index contributed by atoms with van der Waals surface area (Å²) in [6.07, 6.45) is 0.953. The van der Waals surface area contributed by atoms with Gasteiger partial charge in [0.15, 0.2) is 0 Å². The fraction of sp³-hybridized carbons (Fsp3) is 0.286. The second-order valence-electron chi connectivity index (χ2n) is 5.08. The lowest BCUT2D eigenvalue weighted by atomic mass is 10.2. The zero-order valence-corrected chi connectivity index (χ0v) is 12.2. The molecule has 1 fully saturated rings. The van der Waals surface area contributed by atoms with Crippen LogP contribution in [0.2, 0.25) is 0 Å². The van der Waals surface area contributed by atoms with Crippen molar-refractivity contribution in [2.24, 2.45) is 11.8 Å². The monoisotopic (exact) mass is 302 g/mol. The van der Waals surface area contributed by atoms with Gasteiger partial charge < -0.3 is 5.32 Å². The van der Waals surface area contributed by atoms with Gasteiger partial charge in [-0.15, -0.1) is 10.2 Å². The molecule has 2 aromatic rings. The number of carbonyl (C=O) groups excluding carboxylic acids is 2. The van der Waals surface area contributed by atoms with E-state index in [1.165, 1.54) is 11.3 Å². The highest BCUT2D eigenvalue weighted by molar-refractivity contribution is 7.13. The summed E-state index contributed by atoms with van der Waals surface area (Å²) in [5.41, 5.74) is 2.75. The van der Waals surface area contributed by atoms with E-state index in [4.69, 9.17) is 0 Å². The number of aromatic nitrogens is 2. The van der Waals surface area contributed by atoms with Gasteiger partial charge in [0, 0.05) is 17.2 Å². The molecule has 2 amide bonds. The van der Waals surface area contributed by atoms with Crippen LogP contribution in [0.25, 0.3) is 0 Å². The van der Waals surface area contributed by atoms with Gasteiger partial charge in [0.1, 0.15) is 5.51 Å². The maximum Gasteiger partial charge on any atom is 0.257 e. The number of rotatable bonds is 4. The summed E-state index contributed by atoms with van der Waals surface area (Å²) in [6.45, 7) is 2.06. The number of nitrogens with one attached hydrogen (secondary N) is 2. The van der Waals surface area contributed by atoms with Gasteiger partial charge in [-0.1, -0.05) is 18.3 Å². The van der Waals surface area contributed by atoms with Gasteiger partial charge >= 0.3 is 0 Å². The predicted octanol–water partition coefficient (Wildman–Crippen LogP) is 2.38. The van der Waals surface area contributed by atoms with Crippen LogP contribution in [0.1, 0.15) is 23.7 Å². The molecule has 21 heavy (non-hydrogen) atoms. The summed E-state index contributed by atoms with van der Waals surface area (Å²) < 4.78 is 0. The normalized spacial score (nSPS) is 19.9. The van der Waals surface area contributed by atoms with Gasteiger partial charge in [-0.25, -0.2) is 0 Å². The fourth-order valence-electron chi connectivity index (χ4n) is 2.02. The Morgan fingerprint density at radius 2 is 1.95 bits per heavy atom. The summed E-state index contributed by atoms with van der Waals surface area (Å²) in [5, 5.41) is 13.4. The maximum absolute atomic E-state index is 11.9. The van der Waals surface area contributed by atoms with E-state index >= 15 is 0 Å². The van der Waals surface area contributed by atoms with Crippen molar-refractivity contribution in [3.05, 3.63) is 35.3 Å². The molecule has 2 unspecified atom stereocenters. The third kappa shape index (κ3) is 3.25. The molecular weight excluding hydrogens is 288 g/mol. The van der Waals surface area contributed by atoms with Gasteiger partial charge in [0.05, 0.1) is 0 Å². The molecule has 6 nitrogen and oxygen atoms in total. The maximum atomic E-state index is 11.9. The fourth-order valence-corrected chi connectivity index (χ4v) is 2.46. The topological polar surface area (TPSA) is 84.0 Å². The molecular formula is C14H14N4O2S. The SMILES string of the molecule is CC1CC1C(=O)Nc1ccc(C(=O)Nc2nncs2)cc1. The van der Waals surface area contributed by atoms with Crippen LogP contribution in [-0.2, 0) is 4.79 Å². The Balaban J connectivity index is 1.61. The van der Waals surface area contributed by atoms with E-state index in [-0.39, 0.29) is 17.7 Å². The smallest absolute Gasteiger partial charge is 0.257 e. The summed E-state index contributed by atoms with van der Waals surface area (Å²) in [5.74, 6) is 0.404. The van der Waals surface area contributed by atoms with E-state index in [9.17, 15) is 9.59 Å². The minimum absolute atomic E-state index is 0.0496. The lowest BCUT2D eigenvalue weighted by Crippen LogP contribution is -2.15. The molecule has 1 aromatic carbocycles. The van der Waals surface area contributed by atoms with E-state index in [0.717, 1.165) is 6.42 Å². The number of benzene rings is 1. The van der Waals surface area contributed by atoms with Crippen molar-refractivity contribution in [1.82, 2.24) is 10.2 Å². The summed E-state index contributed by atoms with van der Waals surface area (Å²) in [7, 11) is 0. The molecule has 3 rings (SSSR count). The molecule has 0 aliphatic heterocycles. The molecule has 2 N–H and O–H groups in total. The number of hydrogen-bond acceptors (Lipinski definition) is 5. The molecule has 0 saturated heterocycles. The van der Waals surface area contributed by atoms with Gasteiger partial charge in [-0.05, 0) is 36.6 Å². The molecule has 1 aliphatic rings. The molecule has 1 heterocycles. The first-order valence-corrected chi connectivity index (χ1v) is 7.50. The predicted molar refractivity (Wildman–Crippen MR) is 80.2 cm³/mol. The zero-order valence-electron chi connectivity index (χ0n) is 11.4. The van der Waals surface area contributed by atoms with Crippen LogP contribution in [-0.4, -0.2) is 22.0 Å². The Bertz CT molecular complexity index is 654. The second kappa shape index (κ2) is 5.61. The first-order valence-electron chi connectivity index (χ1n) is 6.62. The highest BCUT2D eigenvalue weighted by Gasteiger charge is 2.39. The lowest BCUT2D eigenvalue weighted by molar-refractivity contribution is -0.117. The van der Waals surface area contributed by atoms with Crippen molar-refractivity contribution in [1.29, 1.82) is 0 Å². The number of nitrogens with zero attached hydrogens (tertiary/aromatic N) is 2. The van der Waals surface area contributed by atoms with Crippen LogP contribution in [0.3, 0.4) is 0 Å². The van der Waals surface area contributed by atoms with Gasteiger partial charge in [0.2, 0.25) is 11.0 Å². The number of carbonyl (C=O) groups is 2. The van der Waals surface area contributed by atoms with Crippen LogP contribution in [0.4, 0.5) is 10.8 Å². The highest BCUT2D eigenvalue weighted by atomic mass is 32.1. The first kappa shape index (κ1) is 13.7. The minimum atomic E-state index is -0.250.